The van der Waals surface area contributed by atoms with E-state index < -0.39 is 25.7 Å². The van der Waals surface area contributed by atoms with Gasteiger partial charge in [-0.05, 0) is 41.9 Å². The second-order valence-electron chi connectivity index (χ2n) is 3.69. The maximum atomic E-state index is 13.7. The van der Waals surface area contributed by atoms with Crippen LogP contribution in [0.4, 0.5) is 4.39 Å². The summed E-state index contributed by atoms with van der Waals surface area (Å²) < 4.78 is 36.0. The van der Waals surface area contributed by atoms with Gasteiger partial charge in [-0.25, -0.2) is 12.8 Å². The van der Waals surface area contributed by atoms with E-state index in [0.717, 1.165) is 12.1 Å². The molecule has 1 rings (SSSR count). The fourth-order valence-electron chi connectivity index (χ4n) is 1.56. The van der Waals surface area contributed by atoms with Gasteiger partial charge in [0, 0.05) is 29.3 Å². The molecule has 0 unspecified atom stereocenters. The van der Waals surface area contributed by atoms with Crippen molar-refractivity contribution in [3.8, 4) is 0 Å². The third-order valence-corrected chi connectivity index (χ3v) is 4.97. The highest BCUT2D eigenvalue weighted by atomic mass is 79.9. The first-order valence-corrected chi connectivity index (χ1v) is 8.55. The standard InChI is InChI=1S/C11H12BrClFNO3S/c1-3-15(4-2)11(16)7-5-8(14)10(12)9(6-7)19(13,17)18/h5-6H,3-4H2,1-2H3. The number of rotatable bonds is 4. The number of carbonyl (C=O) groups excluding carboxylic acids is 1. The molecule has 0 fully saturated rings. The molecule has 0 spiro atoms. The highest BCUT2D eigenvalue weighted by Crippen LogP contribution is 2.29. The molecule has 0 bridgehead atoms. The Morgan fingerprint density at radius 3 is 2.32 bits per heavy atom. The molecular formula is C11H12BrClFNO3S. The summed E-state index contributed by atoms with van der Waals surface area (Å²) in [6.45, 7) is 4.43. The smallest absolute Gasteiger partial charge is 0.262 e. The Bertz CT molecular complexity index is 602. The minimum Gasteiger partial charge on any atom is -0.339 e. The molecule has 0 atom stereocenters. The van der Waals surface area contributed by atoms with Crippen molar-refractivity contribution in [1.29, 1.82) is 0 Å². The van der Waals surface area contributed by atoms with Gasteiger partial charge in [-0.2, -0.15) is 0 Å². The third kappa shape index (κ3) is 3.67. The van der Waals surface area contributed by atoms with Crippen molar-refractivity contribution in [2.75, 3.05) is 13.1 Å². The van der Waals surface area contributed by atoms with E-state index in [1.54, 1.807) is 13.8 Å². The van der Waals surface area contributed by atoms with E-state index in [2.05, 4.69) is 15.9 Å². The second kappa shape index (κ2) is 6.19. The van der Waals surface area contributed by atoms with Crippen LogP contribution in [0, 0.1) is 5.82 Å². The molecule has 1 aromatic rings. The monoisotopic (exact) mass is 371 g/mol. The Kier molecular flexibility index (Phi) is 5.34. The Hall–Kier alpha value is -0.660. The zero-order chi connectivity index (χ0) is 14.8. The predicted molar refractivity (Wildman–Crippen MR) is 74.4 cm³/mol. The third-order valence-electron chi connectivity index (χ3n) is 2.56. The molecule has 19 heavy (non-hydrogen) atoms. The molecule has 0 aliphatic heterocycles. The Balaban J connectivity index is 3.40. The van der Waals surface area contributed by atoms with E-state index in [-0.39, 0.29) is 10.0 Å². The van der Waals surface area contributed by atoms with Crippen molar-refractivity contribution >= 4 is 41.6 Å². The van der Waals surface area contributed by atoms with Crippen LogP contribution in [0.15, 0.2) is 21.5 Å². The van der Waals surface area contributed by atoms with Gasteiger partial charge in [0.05, 0.1) is 4.47 Å². The minimum atomic E-state index is -4.14. The van der Waals surface area contributed by atoms with Crippen LogP contribution in [0.1, 0.15) is 24.2 Å². The molecule has 0 saturated heterocycles. The van der Waals surface area contributed by atoms with E-state index in [0.29, 0.717) is 13.1 Å². The number of amides is 1. The highest BCUT2D eigenvalue weighted by Gasteiger charge is 2.22. The number of hydrogen-bond acceptors (Lipinski definition) is 3. The molecule has 0 heterocycles. The largest absolute Gasteiger partial charge is 0.339 e. The normalized spacial score (nSPS) is 11.4. The summed E-state index contributed by atoms with van der Waals surface area (Å²) in [5, 5.41) is 0. The van der Waals surface area contributed by atoms with Gasteiger partial charge in [-0.1, -0.05) is 0 Å². The van der Waals surface area contributed by atoms with Gasteiger partial charge in [0.15, 0.2) is 0 Å². The summed E-state index contributed by atoms with van der Waals surface area (Å²) in [5.41, 5.74) is -0.0522. The Labute approximate surface area is 124 Å². The maximum Gasteiger partial charge on any atom is 0.262 e. The van der Waals surface area contributed by atoms with Gasteiger partial charge >= 0.3 is 0 Å². The van der Waals surface area contributed by atoms with E-state index >= 15 is 0 Å². The van der Waals surface area contributed by atoms with Crippen molar-refractivity contribution in [3.63, 3.8) is 0 Å². The first-order valence-electron chi connectivity index (χ1n) is 5.45. The van der Waals surface area contributed by atoms with Gasteiger partial charge in [-0.15, -0.1) is 0 Å². The van der Waals surface area contributed by atoms with Gasteiger partial charge in [0.1, 0.15) is 10.7 Å². The van der Waals surface area contributed by atoms with Gasteiger partial charge in [0.2, 0.25) is 0 Å². The zero-order valence-electron chi connectivity index (χ0n) is 10.3. The lowest BCUT2D eigenvalue weighted by Crippen LogP contribution is -2.30. The number of halogens is 3. The molecule has 0 radical (unpaired) electrons. The average molecular weight is 373 g/mol. The Morgan fingerprint density at radius 2 is 1.89 bits per heavy atom. The van der Waals surface area contributed by atoms with E-state index in [9.17, 15) is 17.6 Å². The molecule has 0 aromatic heterocycles. The zero-order valence-corrected chi connectivity index (χ0v) is 13.4. The summed E-state index contributed by atoms with van der Waals surface area (Å²) in [6.07, 6.45) is 0. The van der Waals surface area contributed by atoms with Crippen LogP contribution in [0.3, 0.4) is 0 Å². The second-order valence-corrected chi connectivity index (χ2v) is 7.01. The summed E-state index contributed by atoms with van der Waals surface area (Å²) in [7, 11) is 1.07. The molecule has 1 aromatic carbocycles. The van der Waals surface area contributed by atoms with Crippen LogP contribution in [-0.4, -0.2) is 32.3 Å². The van der Waals surface area contributed by atoms with Crippen LogP contribution < -0.4 is 0 Å². The molecule has 4 nitrogen and oxygen atoms in total. The summed E-state index contributed by atoms with van der Waals surface area (Å²) in [6, 6.07) is 2.05. The Morgan fingerprint density at radius 1 is 1.37 bits per heavy atom. The van der Waals surface area contributed by atoms with E-state index in [1.165, 1.54) is 4.90 Å². The molecule has 0 saturated carbocycles. The van der Waals surface area contributed by atoms with E-state index in [4.69, 9.17) is 10.7 Å². The van der Waals surface area contributed by atoms with Crippen LogP contribution in [0.25, 0.3) is 0 Å². The molecule has 106 valence electrons. The van der Waals surface area contributed by atoms with Crippen LogP contribution >= 0.6 is 26.6 Å². The summed E-state index contributed by atoms with van der Waals surface area (Å²) >= 11 is 2.81. The van der Waals surface area contributed by atoms with Crippen molar-refractivity contribution in [3.05, 3.63) is 28.0 Å². The lowest BCUT2D eigenvalue weighted by molar-refractivity contribution is 0.0772. The maximum absolute atomic E-state index is 13.7. The quantitative estimate of drug-likeness (QED) is 0.764. The fourth-order valence-corrected chi connectivity index (χ4v) is 3.65. The number of carbonyl (C=O) groups is 1. The number of benzene rings is 1. The van der Waals surface area contributed by atoms with Gasteiger partial charge < -0.3 is 4.90 Å². The summed E-state index contributed by atoms with van der Waals surface area (Å²) in [4.78, 5) is 13.1. The first kappa shape index (κ1) is 16.4. The average Bonchev–Trinajstić information content (AvgIpc) is 2.32. The number of nitrogens with zero attached hydrogens (tertiary/aromatic N) is 1. The van der Waals surface area contributed by atoms with Gasteiger partial charge in [0.25, 0.3) is 15.0 Å². The van der Waals surface area contributed by atoms with Crippen LogP contribution in [0.2, 0.25) is 0 Å². The van der Waals surface area contributed by atoms with Crippen molar-refractivity contribution < 1.29 is 17.6 Å². The molecule has 8 heteroatoms. The summed E-state index contributed by atoms with van der Waals surface area (Å²) in [5.74, 6) is -1.30. The minimum absolute atomic E-state index is 0.0522. The lowest BCUT2D eigenvalue weighted by Gasteiger charge is -2.19. The first-order chi connectivity index (χ1) is 8.72. The molecule has 0 aliphatic rings. The fraction of sp³-hybridized carbons (Fsp3) is 0.364. The SMILES string of the molecule is CCN(CC)C(=O)c1cc(F)c(Br)c(S(=O)(=O)Cl)c1. The van der Waals surface area contributed by atoms with Crippen LogP contribution in [0.5, 0.6) is 0 Å². The highest BCUT2D eigenvalue weighted by molar-refractivity contribution is 9.10. The topological polar surface area (TPSA) is 54.5 Å². The number of hydrogen-bond donors (Lipinski definition) is 0. The van der Waals surface area contributed by atoms with Crippen molar-refractivity contribution in [2.45, 2.75) is 18.7 Å². The van der Waals surface area contributed by atoms with E-state index in [1.807, 2.05) is 0 Å². The van der Waals surface area contributed by atoms with Crippen molar-refractivity contribution in [1.82, 2.24) is 4.90 Å². The predicted octanol–water partition coefficient (Wildman–Crippen LogP) is 3.00. The molecule has 0 N–H and O–H groups in total. The lowest BCUT2D eigenvalue weighted by atomic mass is 10.2. The van der Waals surface area contributed by atoms with Crippen LogP contribution in [-0.2, 0) is 9.05 Å². The van der Waals surface area contributed by atoms with Crippen molar-refractivity contribution in [2.24, 2.45) is 0 Å². The molecular weight excluding hydrogens is 361 g/mol. The molecule has 1 amide bonds. The molecule has 0 aliphatic carbocycles. The van der Waals surface area contributed by atoms with Gasteiger partial charge in [-0.3, -0.25) is 4.79 Å².